The van der Waals surface area contributed by atoms with Crippen molar-refractivity contribution in [3.05, 3.63) is 63.6 Å². The fraction of sp³-hybridized carbons (Fsp3) is 0.133. The maximum Gasteiger partial charge on any atom is 0.338 e. The van der Waals surface area contributed by atoms with Crippen molar-refractivity contribution in [1.29, 1.82) is 0 Å². The summed E-state index contributed by atoms with van der Waals surface area (Å²) in [6.07, 6.45) is 1.10. The molecular weight excluding hydrogens is 347 g/mol. The van der Waals surface area contributed by atoms with Crippen molar-refractivity contribution in [3.8, 4) is 0 Å². The van der Waals surface area contributed by atoms with Crippen molar-refractivity contribution in [3.63, 3.8) is 0 Å². The number of benzene rings is 2. The van der Waals surface area contributed by atoms with Crippen LogP contribution in [0.2, 0.25) is 10.0 Å². The van der Waals surface area contributed by atoms with Gasteiger partial charge in [-0.3, -0.25) is 0 Å². The lowest BCUT2D eigenvalue weighted by Gasteiger charge is -2.08. The van der Waals surface area contributed by atoms with E-state index in [0.717, 1.165) is 6.26 Å². The van der Waals surface area contributed by atoms with Crippen LogP contribution in [0.25, 0.3) is 0 Å². The summed E-state index contributed by atoms with van der Waals surface area (Å²) in [5.74, 6) is -0.587. The number of sulfone groups is 1. The normalized spacial score (nSPS) is 11.2. The highest BCUT2D eigenvalue weighted by Crippen LogP contribution is 2.25. The van der Waals surface area contributed by atoms with Gasteiger partial charge >= 0.3 is 5.97 Å². The molecule has 0 radical (unpaired) electrons. The average Bonchev–Trinajstić information content (AvgIpc) is 2.46. The Morgan fingerprint density at radius 3 is 2.09 bits per heavy atom. The van der Waals surface area contributed by atoms with Crippen LogP contribution in [0.4, 0.5) is 0 Å². The highest BCUT2D eigenvalue weighted by Gasteiger charge is 2.13. The van der Waals surface area contributed by atoms with Crippen LogP contribution in [-0.2, 0) is 21.2 Å². The van der Waals surface area contributed by atoms with E-state index < -0.39 is 15.8 Å². The standard InChI is InChI=1S/C15H12Cl2O4S/c1-22(19,20)11-7-5-10(6-8-11)15(18)21-9-12-13(16)3-2-4-14(12)17/h2-8H,9H2,1H3. The largest absolute Gasteiger partial charge is 0.457 e. The second kappa shape index (κ2) is 6.69. The zero-order valence-electron chi connectivity index (χ0n) is 11.5. The molecule has 0 heterocycles. The van der Waals surface area contributed by atoms with E-state index in [1.165, 1.54) is 24.3 Å². The Balaban J connectivity index is 2.10. The van der Waals surface area contributed by atoms with E-state index >= 15 is 0 Å². The molecule has 0 aliphatic carbocycles. The number of hydrogen-bond donors (Lipinski definition) is 0. The maximum atomic E-state index is 11.9. The Kier molecular flexibility index (Phi) is 5.11. The van der Waals surface area contributed by atoms with Crippen LogP contribution >= 0.6 is 23.2 Å². The van der Waals surface area contributed by atoms with Crippen molar-refractivity contribution in [2.45, 2.75) is 11.5 Å². The van der Waals surface area contributed by atoms with Crippen LogP contribution in [-0.4, -0.2) is 20.6 Å². The van der Waals surface area contributed by atoms with E-state index in [9.17, 15) is 13.2 Å². The van der Waals surface area contributed by atoms with Crippen LogP contribution in [0.5, 0.6) is 0 Å². The molecule has 2 aromatic carbocycles. The van der Waals surface area contributed by atoms with Crippen molar-refractivity contribution in [2.75, 3.05) is 6.26 Å². The summed E-state index contributed by atoms with van der Waals surface area (Å²) in [6, 6.07) is 10.5. The number of ether oxygens (including phenoxy) is 1. The molecule has 116 valence electrons. The summed E-state index contributed by atoms with van der Waals surface area (Å²) in [6.45, 7) is -0.0643. The summed E-state index contributed by atoms with van der Waals surface area (Å²) >= 11 is 12.0. The third kappa shape index (κ3) is 4.00. The molecule has 7 heteroatoms. The van der Waals surface area contributed by atoms with Gasteiger partial charge in [0.25, 0.3) is 0 Å². The zero-order valence-corrected chi connectivity index (χ0v) is 13.9. The molecule has 0 atom stereocenters. The monoisotopic (exact) mass is 358 g/mol. The Labute approximate surface area is 138 Å². The minimum absolute atomic E-state index is 0.0643. The minimum Gasteiger partial charge on any atom is -0.457 e. The molecule has 0 saturated carbocycles. The van der Waals surface area contributed by atoms with Crippen molar-refractivity contribution >= 4 is 39.0 Å². The highest BCUT2D eigenvalue weighted by atomic mass is 35.5. The summed E-state index contributed by atoms with van der Waals surface area (Å²) in [5, 5.41) is 0.820. The lowest BCUT2D eigenvalue weighted by molar-refractivity contribution is 0.0473. The lowest BCUT2D eigenvalue weighted by atomic mass is 10.2. The van der Waals surface area contributed by atoms with Gasteiger partial charge in [0.05, 0.1) is 10.5 Å². The molecule has 0 N–H and O–H groups in total. The molecule has 0 saturated heterocycles. The summed E-state index contributed by atoms with van der Waals surface area (Å²) in [5.41, 5.74) is 0.766. The van der Waals surface area contributed by atoms with Gasteiger partial charge < -0.3 is 4.74 Å². The molecule has 4 nitrogen and oxygen atoms in total. The van der Waals surface area contributed by atoms with Crippen LogP contribution in [0.3, 0.4) is 0 Å². The molecular formula is C15H12Cl2O4S. The molecule has 0 aliphatic rings. The van der Waals surface area contributed by atoms with Gasteiger partial charge in [0.2, 0.25) is 0 Å². The Hall–Kier alpha value is -1.56. The Morgan fingerprint density at radius 1 is 1.05 bits per heavy atom. The minimum atomic E-state index is -3.30. The van der Waals surface area contributed by atoms with Crippen molar-refractivity contribution in [2.24, 2.45) is 0 Å². The quantitative estimate of drug-likeness (QED) is 0.780. The van der Waals surface area contributed by atoms with E-state index in [1.807, 2.05) is 0 Å². The zero-order chi connectivity index (χ0) is 16.3. The van der Waals surface area contributed by atoms with Gasteiger partial charge in [-0.15, -0.1) is 0 Å². The van der Waals surface area contributed by atoms with Crippen LogP contribution in [0.15, 0.2) is 47.4 Å². The van der Waals surface area contributed by atoms with Crippen molar-refractivity contribution < 1.29 is 17.9 Å². The summed E-state index contributed by atoms with van der Waals surface area (Å²) < 4.78 is 27.9. The van der Waals surface area contributed by atoms with E-state index in [0.29, 0.717) is 15.6 Å². The van der Waals surface area contributed by atoms with Gasteiger partial charge in [0.15, 0.2) is 9.84 Å². The van der Waals surface area contributed by atoms with Gasteiger partial charge in [-0.25, -0.2) is 13.2 Å². The first-order chi connectivity index (χ1) is 10.3. The van der Waals surface area contributed by atoms with Gasteiger partial charge in [-0.1, -0.05) is 29.3 Å². The molecule has 0 unspecified atom stereocenters. The third-order valence-electron chi connectivity index (χ3n) is 2.93. The van der Waals surface area contributed by atoms with E-state index in [2.05, 4.69) is 0 Å². The van der Waals surface area contributed by atoms with E-state index in [1.54, 1.807) is 18.2 Å². The van der Waals surface area contributed by atoms with Crippen LogP contribution in [0, 0.1) is 0 Å². The van der Waals surface area contributed by atoms with Gasteiger partial charge in [-0.05, 0) is 36.4 Å². The van der Waals surface area contributed by atoms with Gasteiger partial charge in [0, 0.05) is 21.9 Å². The Morgan fingerprint density at radius 2 is 1.59 bits per heavy atom. The number of hydrogen-bond acceptors (Lipinski definition) is 4. The number of esters is 1. The van der Waals surface area contributed by atoms with Crippen molar-refractivity contribution in [1.82, 2.24) is 0 Å². The molecule has 0 spiro atoms. The summed E-state index contributed by atoms with van der Waals surface area (Å²) in [7, 11) is -3.30. The first-order valence-electron chi connectivity index (χ1n) is 6.19. The number of halogens is 2. The fourth-order valence-electron chi connectivity index (χ4n) is 1.73. The van der Waals surface area contributed by atoms with Gasteiger partial charge in [0.1, 0.15) is 6.61 Å². The molecule has 0 bridgehead atoms. The predicted molar refractivity (Wildman–Crippen MR) is 85.1 cm³/mol. The third-order valence-corrected chi connectivity index (χ3v) is 4.76. The predicted octanol–water partition coefficient (Wildman–Crippen LogP) is 3.75. The lowest BCUT2D eigenvalue weighted by Crippen LogP contribution is -2.06. The topological polar surface area (TPSA) is 60.4 Å². The second-order valence-electron chi connectivity index (χ2n) is 4.57. The number of carbonyl (C=O) groups is 1. The van der Waals surface area contributed by atoms with Gasteiger partial charge in [-0.2, -0.15) is 0 Å². The first kappa shape index (κ1) is 16.8. The Bertz CT molecular complexity index is 779. The fourth-order valence-corrected chi connectivity index (χ4v) is 2.87. The average molecular weight is 359 g/mol. The molecule has 0 aromatic heterocycles. The maximum absolute atomic E-state index is 11.9. The van der Waals surface area contributed by atoms with E-state index in [-0.39, 0.29) is 17.1 Å². The molecule has 2 rings (SSSR count). The molecule has 0 amide bonds. The number of carbonyl (C=O) groups excluding carboxylic acids is 1. The molecule has 0 fully saturated rings. The smallest absolute Gasteiger partial charge is 0.338 e. The molecule has 22 heavy (non-hydrogen) atoms. The van der Waals surface area contributed by atoms with E-state index in [4.69, 9.17) is 27.9 Å². The van der Waals surface area contributed by atoms with Crippen LogP contribution < -0.4 is 0 Å². The van der Waals surface area contributed by atoms with Crippen LogP contribution in [0.1, 0.15) is 15.9 Å². The first-order valence-corrected chi connectivity index (χ1v) is 8.84. The highest BCUT2D eigenvalue weighted by molar-refractivity contribution is 7.90. The second-order valence-corrected chi connectivity index (χ2v) is 7.40. The summed E-state index contributed by atoms with van der Waals surface area (Å²) in [4.78, 5) is 12.1. The number of rotatable bonds is 4. The SMILES string of the molecule is CS(=O)(=O)c1ccc(C(=O)OCc2c(Cl)cccc2Cl)cc1. The molecule has 2 aromatic rings. The molecule has 0 aliphatic heterocycles.